The van der Waals surface area contributed by atoms with Gasteiger partial charge in [-0.3, -0.25) is 9.59 Å². The van der Waals surface area contributed by atoms with E-state index >= 15 is 0 Å². The minimum absolute atomic E-state index is 0.0448. The summed E-state index contributed by atoms with van der Waals surface area (Å²) < 4.78 is 0. The summed E-state index contributed by atoms with van der Waals surface area (Å²) in [5.74, 6) is -0.193. The molecular weight excluding hydrogens is 396 g/mol. The van der Waals surface area contributed by atoms with Crippen LogP contribution in [0.5, 0.6) is 0 Å². The second-order valence-electron chi connectivity index (χ2n) is 7.36. The number of nitrogens with one attached hydrogen (secondary N) is 1. The number of hydrogen-bond acceptors (Lipinski definition) is 2. The molecule has 1 N–H and O–H groups in total. The molecule has 30 heavy (non-hydrogen) atoms. The van der Waals surface area contributed by atoms with Gasteiger partial charge in [0.25, 0.3) is 0 Å². The Hall–Kier alpha value is -2.85. The van der Waals surface area contributed by atoms with Gasteiger partial charge in [-0.05, 0) is 54.3 Å². The van der Waals surface area contributed by atoms with Crippen LogP contribution in [0, 0.1) is 0 Å². The number of rotatable bonds is 8. The molecule has 0 fully saturated rings. The Morgan fingerprint density at radius 2 is 1.70 bits per heavy atom. The molecular formula is C25H27ClN2O2. The molecule has 0 saturated carbocycles. The van der Waals surface area contributed by atoms with Crippen molar-refractivity contribution in [2.75, 3.05) is 6.54 Å². The first-order valence-corrected chi connectivity index (χ1v) is 10.7. The van der Waals surface area contributed by atoms with Crippen molar-refractivity contribution in [2.24, 2.45) is 0 Å². The number of nitrogens with zero attached hydrogens (tertiary/aromatic N) is 1. The van der Waals surface area contributed by atoms with Gasteiger partial charge in [-0.25, -0.2) is 0 Å². The minimum atomic E-state index is -0.555. The van der Waals surface area contributed by atoms with Crippen molar-refractivity contribution in [3.63, 3.8) is 0 Å². The summed E-state index contributed by atoms with van der Waals surface area (Å²) in [6.45, 7) is 4.54. The molecule has 0 unspecified atom stereocenters. The molecule has 0 aliphatic rings. The van der Waals surface area contributed by atoms with Crippen molar-refractivity contribution in [2.45, 2.75) is 39.3 Å². The second-order valence-corrected chi connectivity index (χ2v) is 7.79. The summed E-state index contributed by atoms with van der Waals surface area (Å²) >= 11 is 5.99. The van der Waals surface area contributed by atoms with E-state index in [-0.39, 0.29) is 11.8 Å². The lowest BCUT2D eigenvalue weighted by molar-refractivity contribution is -0.140. The number of aryl methyl sites for hydroxylation is 1. The molecule has 1 atom stereocenters. The Balaban J connectivity index is 1.78. The van der Waals surface area contributed by atoms with E-state index in [0.29, 0.717) is 31.0 Å². The third-order valence-electron chi connectivity index (χ3n) is 5.27. The van der Waals surface area contributed by atoms with Crippen LogP contribution >= 0.6 is 11.6 Å². The fourth-order valence-corrected chi connectivity index (χ4v) is 3.71. The summed E-state index contributed by atoms with van der Waals surface area (Å²) in [6, 6.07) is 21.1. The van der Waals surface area contributed by atoms with Gasteiger partial charge in [-0.15, -0.1) is 0 Å². The van der Waals surface area contributed by atoms with Crippen molar-refractivity contribution in [1.82, 2.24) is 10.2 Å². The summed E-state index contributed by atoms with van der Waals surface area (Å²) in [5, 5.41) is 5.79. The second kappa shape index (κ2) is 10.3. The average molecular weight is 423 g/mol. The van der Waals surface area contributed by atoms with Crippen LogP contribution in [0.2, 0.25) is 5.02 Å². The van der Waals surface area contributed by atoms with Crippen molar-refractivity contribution in [3.05, 3.63) is 82.9 Å². The van der Waals surface area contributed by atoms with Crippen molar-refractivity contribution >= 4 is 34.2 Å². The average Bonchev–Trinajstić information content (AvgIpc) is 2.76. The largest absolute Gasteiger partial charge is 0.355 e. The van der Waals surface area contributed by atoms with Crippen LogP contribution in [0.3, 0.4) is 0 Å². The van der Waals surface area contributed by atoms with Crippen LogP contribution in [0.1, 0.15) is 31.4 Å². The summed E-state index contributed by atoms with van der Waals surface area (Å²) in [5.41, 5.74) is 2.08. The molecule has 3 aromatic carbocycles. The number of halogens is 1. The van der Waals surface area contributed by atoms with E-state index in [9.17, 15) is 9.59 Å². The van der Waals surface area contributed by atoms with Crippen LogP contribution in [-0.2, 0) is 22.6 Å². The third kappa shape index (κ3) is 5.39. The van der Waals surface area contributed by atoms with Crippen LogP contribution in [0.25, 0.3) is 10.8 Å². The topological polar surface area (TPSA) is 49.4 Å². The first-order chi connectivity index (χ1) is 14.5. The van der Waals surface area contributed by atoms with E-state index in [1.165, 1.54) is 0 Å². The summed E-state index contributed by atoms with van der Waals surface area (Å²) in [6.07, 6.45) is 0.963. The van der Waals surface area contributed by atoms with E-state index in [1.54, 1.807) is 24.0 Å². The van der Waals surface area contributed by atoms with E-state index in [0.717, 1.165) is 21.9 Å². The Bertz CT molecular complexity index is 1010. The molecule has 0 aliphatic carbocycles. The van der Waals surface area contributed by atoms with Crippen LogP contribution < -0.4 is 5.32 Å². The number of likely N-dealkylation sites (N-methyl/N-ethyl adjacent to an activating group) is 1. The van der Waals surface area contributed by atoms with Gasteiger partial charge in [0.1, 0.15) is 6.04 Å². The van der Waals surface area contributed by atoms with Crippen LogP contribution in [0.4, 0.5) is 0 Å². The standard InChI is InChI=1S/C25H27ClN2O2/c1-3-27-25(30)18(2)28(17-19-11-14-22(26)15-12-19)24(29)16-13-21-9-6-8-20-7-4-5-10-23(20)21/h4-12,14-15,18H,3,13,16-17H2,1-2H3,(H,27,30)/t18-/m0/s1. The highest BCUT2D eigenvalue weighted by Crippen LogP contribution is 2.21. The monoisotopic (exact) mass is 422 g/mol. The van der Waals surface area contributed by atoms with Crippen LogP contribution in [0.15, 0.2) is 66.7 Å². The Morgan fingerprint density at radius 3 is 2.43 bits per heavy atom. The lowest BCUT2D eigenvalue weighted by Crippen LogP contribution is -2.47. The number of benzene rings is 3. The molecule has 0 radical (unpaired) electrons. The summed E-state index contributed by atoms with van der Waals surface area (Å²) in [4.78, 5) is 27.3. The highest BCUT2D eigenvalue weighted by atomic mass is 35.5. The van der Waals surface area contributed by atoms with Gasteiger partial charge in [0, 0.05) is 24.5 Å². The van der Waals surface area contributed by atoms with E-state index in [2.05, 4.69) is 29.6 Å². The molecule has 2 amide bonds. The van der Waals surface area contributed by atoms with Gasteiger partial charge in [0.15, 0.2) is 0 Å². The van der Waals surface area contributed by atoms with Crippen LogP contribution in [-0.4, -0.2) is 29.3 Å². The zero-order valence-corrected chi connectivity index (χ0v) is 18.2. The first-order valence-electron chi connectivity index (χ1n) is 10.3. The Morgan fingerprint density at radius 1 is 1.00 bits per heavy atom. The van der Waals surface area contributed by atoms with Gasteiger partial charge in [0.05, 0.1) is 0 Å². The zero-order valence-electron chi connectivity index (χ0n) is 17.4. The molecule has 4 nitrogen and oxygen atoms in total. The minimum Gasteiger partial charge on any atom is -0.355 e. The van der Waals surface area contributed by atoms with E-state index in [1.807, 2.05) is 37.3 Å². The number of fused-ring (bicyclic) bond motifs is 1. The number of hydrogen-bond donors (Lipinski definition) is 1. The van der Waals surface area contributed by atoms with Crippen molar-refractivity contribution in [1.29, 1.82) is 0 Å². The number of carbonyl (C=O) groups is 2. The highest BCUT2D eigenvalue weighted by Gasteiger charge is 2.25. The normalized spacial score (nSPS) is 11.8. The third-order valence-corrected chi connectivity index (χ3v) is 5.52. The molecule has 5 heteroatoms. The number of amides is 2. The van der Waals surface area contributed by atoms with Gasteiger partial charge in [-0.1, -0.05) is 66.2 Å². The molecule has 0 spiro atoms. The molecule has 3 rings (SSSR count). The molecule has 0 saturated heterocycles. The molecule has 0 aliphatic heterocycles. The lowest BCUT2D eigenvalue weighted by atomic mass is 10.0. The molecule has 0 aromatic heterocycles. The van der Waals surface area contributed by atoms with Crippen molar-refractivity contribution < 1.29 is 9.59 Å². The molecule has 156 valence electrons. The maximum atomic E-state index is 13.2. The summed E-state index contributed by atoms with van der Waals surface area (Å²) in [7, 11) is 0. The quantitative estimate of drug-likeness (QED) is 0.556. The zero-order chi connectivity index (χ0) is 21.5. The van der Waals surface area contributed by atoms with Crippen molar-refractivity contribution in [3.8, 4) is 0 Å². The SMILES string of the molecule is CCNC(=O)[C@H](C)N(Cc1ccc(Cl)cc1)C(=O)CCc1cccc2ccccc12. The Kier molecular flexibility index (Phi) is 7.47. The van der Waals surface area contributed by atoms with Gasteiger partial charge < -0.3 is 10.2 Å². The maximum absolute atomic E-state index is 13.2. The predicted molar refractivity (Wildman–Crippen MR) is 122 cm³/mol. The fourth-order valence-electron chi connectivity index (χ4n) is 3.59. The lowest BCUT2D eigenvalue weighted by Gasteiger charge is -2.29. The molecule has 0 bridgehead atoms. The van der Waals surface area contributed by atoms with E-state index < -0.39 is 6.04 Å². The van der Waals surface area contributed by atoms with Gasteiger partial charge in [0.2, 0.25) is 11.8 Å². The Labute approximate surface area is 182 Å². The van der Waals surface area contributed by atoms with Gasteiger partial charge >= 0.3 is 0 Å². The molecule has 3 aromatic rings. The predicted octanol–water partition coefficient (Wildman–Crippen LogP) is 4.98. The first kappa shape index (κ1) is 21.8. The van der Waals surface area contributed by atoms with Gasteiger partial charge in [-0.2, -0.15) is 0 Å². The molecule has 0 heterocycles. The fraction of sp³-hybridized carbons (Fsp3) is 0.280. The highest BCUT2D eigenvalue weighted by molar-refractivity contribution is 6.30. The number of carbonyl (C=O) groups excluding carboxylic acids is 2. The maximum Gasteiger partial charge on any atom is 0.242 e. The smallest absolute Gasteiger partial charge is 0.242 e. The van der Waals surface area contributed by atoms with E-state index in [4.69, 9.17) is 11.6 Å².